The zero-order valence-corrected chi connectivity index (χ0v) is 12.7. The van der Waals surface area contributed by atoms with Crippen molar-refractivity contribution in [3.8, 4) is 0 Å². The first-order valence-corrected chi connectivity index (χ1v) is 6.91. The first kappa shape index (κ1) is 17.9. The van der Waals surface area contributed by atoms with E-state index in [0.29, 0.717) is 0 Å². The molecule has 0 aliphatic heterocycles. The van der Waals surface area contributed by atoms with E-state index in [1.807, 2.05) is 13.8 Å². The van der Waals surface area contributed by atoms with Gasteiger partial charge in [0.15, 0.2) is 0 Å². The number of amides is 1. The summed E-state index contributed by atoms with van der Waals surface area (Å²) in [5, 5.41) is 9.50. The zero-order valence-electron chi connectivity index (χ0n) is 12.7. The van der Waals surface area contributed by atoms with Crippen LogP contribution >= 0.6 is 0 Å². The third-order valence-electron chi connectivity index (χ3n) is 3.23. The molecule has 0 fully saturated rings. The Balaban J connectivity index is 4.80. The average Bonchev–Trinajstić information content (AvgIpc) is 2.37. The second-order valence-corrected chi connectivity index (χ2v) is 5.03. The molecule has 1 N–H and O–H groups in total. The van der Waals surface area contributed by atoms with Crippen LogP contribution in [0.3, 0.4) is 0 Å². The predicted molar refractivity (Wildman–Crippen MR) is 73.5 cm³/mol. The van der Waals surface area contributed by atoms with Crippen LogP contribution in [0.1, 0.15) is 40.5 Å². The molecule has 0 aromatic heterocycles. The van der Waals surface area contributed by atoms with Gasteiger partial charge in [-0.15, -0.1) is 0 Å². The van der Waals surface area contributed by atoms with E-state index in [9.17, 15) is 14.7 Å². The molecule has 2 atom stereocenters. The SMILES string of the molecule is CCC(CC)C(=O)N(CC(C)O)CC(C)C(=O)OC. The van der Waals surface area contributed by atoms with Gasteiger partial charge in [-0.2, -0.15) is 0 Å². The second-order valence-electron chi connectivity index (χ2n) is 5.03. The van der Waals surface area contributed by atoms with E-state index >= 15 is 0 Å². The summed E-state index contributed by atoms with van der Waals surface area (Å²) >= 11 is 0. The topological polar surface area (TPSA) is 66.8 Å². The highest BCUT2D eigenvalue weighted by molar-refractivity contribution is 5.80. The lowest BCUT2D eigenvalue weighted by Crippen LogP contribution is -2.43. The van der Waals surface area contributed by atoms with Crippen LogP contribution in [-0.4, -0.2) is 48.2 Å². The minimum absolute atomic E-state index is 0.00153. The zero-order chi connectivity index (χ0) is 15.0. The number of rotatable bonds is 8. The Morgan fingerprint density at radius 3 is 2.05 bits per heavy atom. The fraction of sp³-hybridized carbons (Fsp3) is 0.857. The monoisotopic (exact) mass is 273 g/mol. The largest absolute Gasteiger partial charge is 0.469 e. The number of nitrogens with zero attached hydrogens (tertiary/aromatic N) is 1. The number of ether oxygens (including phenoxy) is 1. The van der Waals surface area contributed by atoms with Gasteiger partial charge in [0.25, 0.3) is 0 Å². The lowest BCUT2D eigenvalue weighted by atomic mass is 10.0. The minimum Gasteiger partial charge on any atom is -0.469 e. The summed E-state index contributed by atoms with van der Waals surface area (Å²) in [6.45, 7) is 7.83. The molecule has 112 valence electrons. The van der Waals surface area contributed by atoms with Gasteiger partial charge in [-0.3, -0.25) is 9.59 Å². The molecule has 0 aromatic rings. The molecule has 0 aromatic carbocycles. The first-order chi connectivity index (χ1) is 8.87. The normalized spacial score (nSPS) is 14.1. The van der Waals surface area contributed by atoms with Crippen LogP contribution in [0.2, 0.25) is 0 Å². The second kappa shape index (κ2) is 8.91. The highest BCUT2D eigenvalue weighted by Crippen LogP contribution is 2.14. The molecule has 0 heterocycles. The van der Waals surface area contributed by atoms with Crippen molar-refractivity contribution in [3.63, 3.8) is 0 Å². The standard InChI is InChI=1S/C14H27NO4/c1-6-12(7-2)13(17)15(9-11(4)16)8-10(3)14(18)19-5/h10-12,16H,6-9H2,1-5H3. The van der Waals surface area contributed by atoms with E-state index in [1.54, 1.807) is 18.7 Å². The number of aliphatic hydroxyl groups excluding tert-OH is 1. The third-order valence-corrected chi connectivity index (χ3v) is 3.23. The maximum Gasteiger partial charge on any atom is 0.310 e. The Hall–Kier alpha value is -1.10. The lowest BCUT2D eigenvalue weighted by molar-refractivity contribution is -0.147. The van der Waals surface area contributed by atoms with Crippen LogP contribution in [0, 0.1) is 11.8 Å². The Morgan fingerprint density at radius 1 is 1.16 bits per heavy atom. The Morgan fingerprint density at radius 2 is 1.68 bits per heavy atom. The quantitative estimate of drug-likeness (QED) is 0.680. The van der Waals surface area contributed by atoms with Gasteiger partial charge in [0.2, 0.25) is 5.91 Å². The molecule has 0 saturated carbocycles. The van der Waals surface area contributed by atoms with Crippen molar-refractivity contribution in [1.29, 1.82) is 0 Å². The van der Waals surface area contributed by atoms with E-state index in [-0.39, 0.29) is 36.8 Å². The number of methoxy groups -OCH3 is 1. The van der Waals surface area contributed by atoms with Gasteiger partial charge in [0.05, 0.1) is 19.1 Å². The highest BCUT2D eigenvalue weighted by atomic mass is 16.5. The maximum absolute atomic E-state index is 12.4. The van der Waals surface area contributed by atoms with Crippen LogP contribution in [0.5, 0.6) is 0 Å². The number of carbonyl (C=O) groups is 2. The molecule has 5 nitrogen and oxygen atoms in total. The van der Waals surface area contributed by atoms with E-state index in [2.05, 4.69) is 4.74 Å². The van der Waals surface area contributed by atoms with Crippen molar-refractivity contribution in [2.75, 3.05) is 20.2 Å². The molecular formula is C14H27NO4. The summed E-state index contributed by atoms with van der Waals surface area (Å²) in [4.78, 5) is 25.4. The van der Waals surface area contributed by atoms with Gasteiger partial charge in [-0.05, 0) is 19.8 Å². The van der Waals surface area contributed by atoms with E-state index in [0.717, 1.165) is 12.8 Å². The smallest absolute Gasteiger partial charge is 0.310 e. The molecule has 0 aliphatic carbocycles. The molecule has 0 bridgehead atoms. The van der Waals surface area contributed by atoms with Gasteiger partial charge in [-0.1, -0.05) is 20.8 Å². The number of hydrogen-bond acceptors (Lipinski definition) is 4. The van der Waals surface area contributed by atoms with Gasteiger partial charge in [0.1, 0.15) is 0 Å². The van der Waals surface area contributed by atoms with Crippen LogP contribution in [0.4, 0.5) is 0 Å². The number of carbonyl (C=O) groups excluding carboxylic acids is 2. The van der Waals surface area contributed by atoms with Crippen LogP contribution in [0.25, 0.3) is 0 Å². The summed E-state index contributed by atoms with van der Waals surface area (Å²) in [5.74, 6) is -0.778. The fourth-order valence-electron chi connectivity index (χ4n) is 2.08. The molecule has 0 aliphatic rings. The highest BCUT2D eigenvalue weighted by Gasteiger charge is 2.26. The van der Waals surface area contributed by atoms with Crippen molar-refractivity contribution >= 4 is 11.9 Å². The number of aliphatic hydroxyl groups is 1. The van der Waals surface area contributed by atoms with Crippen molar-refractivity contribution in [1.82, 2.24) is 4.90 Å². The van der Waals surface area contributed by atoms with Gasteiger partial charge in [-0.25, -0.2) is 0 Å². The molecule has 1 amide bonds. The number of esters is 1. The van der Waals surface area contributed by atoms with E-state index < -0.39 is 6.10 Å². The van der Waals surface area contributed by atoms with E-state index in [1.165, 1.54) is 7.11 Å². The average molecular weight is 273 g/mol. The van der Waals surface area contributed by atoms with Crippen molar-refractivity contribution in [2.45, 2.75) is 46.6 Å². The Bertz CT molecular complexity index is 287. The molecule has 0 rings (SSSR count). The van der Waals surface area contributed by atoms with Crippen LogP contribution in [0.15, 0.2) is 0 Å². The van der Waals surface area contributed by atoms with Gasteiger partial charge < -0.3 is 14.7 Å². The lowest BCUT2D eigenvalue weighted by Gasteiger charge is -2.29. The third kappa shape index (κ3) is 6.05. The molecule has 0 radical (unpaired) electrons. The molecular weight excluding hydrogens is 246 g/mol. The van der Waals surface area contributed by atoms with Gasteiger partial charge in [0, 0.05) is 19.0 Å². The summed E-state index contributed by atoms with van der Waals surface area (Å²) in [6.07, 6.45) is 0.916. The summed E-state index contributed by atoms with van der Waals surface area (Å²) in [7, 11) is 1.33. The minimum atomic E-state index is -0.608. The van der Waals surface area contributed by atoms with Crippen molar-refractivity contribution in [3.05, 3.63) is 0 Å². The molecule has 0 saturated heterocycles. The number of hydrogen-bond donors (Lipinski definition) is 1. The van der Waals surface area contributed by atoms with Crippen LogP contribution < -0.4 is 0 Å². The molecule has 5 heteroatoms. The fourth-order valence-corrected chi connectivity index (χ4v) is 2.08. The Labute approximate surface area is 115 Å². The summed E-state index contributed by atoms with van der Waals surface area (Å²) in [5.41, 5.74) is 0. The van der Waals surface area contributed by atoms with E-state index in [4.69, 9.17) is 0 Å². The maximum atomic E-state index is 12.4. The van der Waals surface area contributed by atoms with Crippen molar-refractivity contribution < 1.29 is 19.4 Å². The molecule has 19 heavy (non-hydrogen) atoms. The van der Waals surface area contributed by atoms with Crippen molar-refractivity contribution in [2.24, 2.45) is 11.8 Å². The first-order valence-electron chi connectivity index (χ1n) is 6.91. The molecule has 0 spiro atoms. The summed E-state index contributed by atoms with van der Waals surface area (Å²) in [6, 6.07) is 0. The molecule has 2 unspecified atom stereocenters. The van der Waals surface area contributed by atoms with Crippen LogP contribution in [-0.2, 0) is 14.3 Å². The predicted octanol–water partition coefficient (Wildman–Crippen LogP) is 1.44. The Kier molecular flexibility index (Phi) is 8.39. The summed E-state index contributed by atoms with van der Waals surface area (Å²) < 4.78 is 4.67. The van der Waals surface area contributed by atoms with Gasteiger partial charge >= 0.3 is 5.97 Å².